The van der Waals surface area contributed by atoms with Crippen molar-refractivity contribution in [3.8, 4) is 5.75 Å². The Kier molecular flexibility index (Phi) is 5.33. The fourth-order valence-electron chi connectivity index (χ4n) is 2.13. The van der Waals surface area contributed by atoms with E-state index < -0.39 is 0 Å². The van der Waals surface area contributed by atoms with E-state index in [1.165, 1.54) is 0 Å². The minimum atomic E-state index is 0.241. The van der Waals surface area contributed by atoms with Crippen molar-refractivity contribution in [3.63, 3.8) is 0 Å². The van der Waals surface area contributed by atoms with Gasteiger partial charge in [-0.1, -0.05) is 19.1 Å². The van der Waals surface area contributed by atoms with Crippen molar-refractivity contribution >= 4 is 0 Å². The van der Waals surface area contributed by atoms with Gasteiger partial charge in [-0.25, -0.2) is 0 Å². The van der Waals surface area contributed by atoms with Crippen molar-refractivity contribution in [3.05, 3.63) is 41.1 Å². The van der Waals surface area contributed by atoms with Gasteiger partial charge in [0.15, 0.2) is 6.61 Å². The Labute approximate surface area is 125 Å². The van der Waals surface area contributed by atoms with E-state index in [4.69, 9.17) is 9.15 Å². The molecule has 2 aromatic rings. The summed E-state index contributed by atoms with van der Waals surface area (Å²) >= 11 is 0. The Morgan fingerprint density at radius 1 is 1.29 bits per heavy atom. The summed E-state index contributed by atoms with van der Waals surface area (Å²) in [6.07, 6.45) is 1.10. The minimum Gasteiger partial charge on any atom is -0.483 e. The molecule has 0 fully saturated rings. The maximum atomic E-state index is 5.88. The quantitative estimate of drug-likeness (QED) is 0.847. The first kappa shape index (κ1) is 15.5. The Morgan fingerprint density at radius 2 is 2.10 bits per heavy atom. The van der Waals surface area contributed by atoms with Crippen LogP contribution in [0.25, 0.3) is 0 Å². The van der Waals surface area contributed by atoms with Gasteiger partial charge >= 0.3 is 0 Å². The first-order valence-corrected chi connectivity index (χ1v) is 7.36. The summed E-state index contributed by atoms with van der Waals surface area (Å²) in [7, 11) is 0. The summed E-state index contributed by atoms with van der Waals surface area (Å²) in [5.74, 6) is 1.91. The molecule has 0 bridgehead atoms. The fraction of sp³-hybridized carbons (Fsp3) is 0.500. The van der Waals surface area contributed by atoms with Crippen LogP contribution in [-0.2, 0) is 6.61 Å². The smallest absolute Gasteiger partial charge is 0.253 e. The Hall–Kier alpha value is -1.88. The lowest BCUT2D eigenvalue weighted by molar-refractivity contribution is 0.256. The van der Waals surface area contributed by atoms with Gasteiger partial charge in [0.05, 0.1) is 0 Å². The molecule has 1 aromatic heterocycles. The molecule has 1 unspecified atom stereocenters. The van der Waals surface area contributed by atoms with E-state index in [9.17, 15) is 0 Å². The first-order valence-electron chi connectivity index (χ1n) is 7.36. The lowest BCUT2D eigenvalue weighted by atomic mass is 10.0. The van der Waals surface area contributed by atoms with E-state index >= 15 is 0 Å². The third kappa shape index (κ3) is 4.29. The second kappa shape index (κ2) is 7.22. The van der Waals surface area contributed by atoms with E-state index in [-0.39, 0.29) is 12.6 Å². The molecule has 0 aliphatic carbocycles. The van der Waals surface area contributed by atoms with Crippen molar-refractivity contribution in [2.24, 2.45) is 0 Å². The van der Waals surface area contributed by atoms with Crippen molar-refractivity contribution in [1.29, 1.82) is 0 Å². The first-order chi connectivity index (χ1) is 10.1. The van der Waals surface area contributed by atoms with Crippen LogP contribution in [0.5, 0.6) is 5.75 Å². The number of nitrogens with one attached hydrogen (secondary N) is 1. The number of ether oxygens (including phenoxy) is 1. The van der Waals surface area contributed by atoms with Gasteiger partial charge in [-0.2, -0.15) is 0 Å². The normalized spacial score (nSPS) is 12.4. The summed E-state index contributed by atoms with van der Waals surface area (Å²) in [5.41, 5.74) is 2.31. The van der Waals surface area contributed by atoms with Crippen molar-refractivity contribution in [2.75, 3.05) is 6.54 Å². The van der Waals surface area contributed by atoms with Gasteiger partial charge in [-0.3, -0.25) is 0 Å². The Bertz CT molecular complexity index is 581. The van der Waals surface area contributed by atoms with Gasteiger partial charge in [-0.05, 0) is 38.4 Å². The molecular weight excluding hydrogens is 266 g/mol. The molecule has 0 saturated carbocycles. The zero-order valence-corrected chi connectivity index (χ0v) is 13.1. The zero-order chi connectivity index (χ0) is 15.2. The maximum Gasteiger partial charge on any atom is 0.253 e. The highest BCUT2D eigenvalue weighted by Crippen LogP contribution is 2.27. The number of hydrogen-bond acceptors (Lipinski definition) is 5. The fourth-order valence-corrected chi connectivity index (χ4v) is 2.13. The SMILES string of the molecule is CCCNC(C)c1ccc(C)cc1OCc1nnc(C)o1. The van der Waals surface area contributed by atoms with Crippen LogP contribution in [0.15, 0.2) is 22.6 Å². The third-order valence-corrected chi connectivity index (χ3v) is 3.26. The molecule has 1 atom stereocenters. The highest BCUT2D eigenvalue weighted by Gasteiger charge is 2.12. The van der Waals surface area contributed by atoms with E-state index in [2.05, 4.69) is 48.4 Å². The van der Waals surface area contributed by atoms with Crippen LogP contribution in [0.3, 0.4) is 0 Å². The van der Waals surface area contributed by atoms with Crippen LogP contribution in [0.2, 0.25) is 0 Å². The lowest BCUT2D eigenvalue weighted by Gasteiger charge is -2.18. The summed E-state index contributed by atoms with van der Waals surface area (Å²) < 4.78 is 11.2. The third-order valence-electron chi connectivity index (χ3n) is 3.26. The number of aryl methyl sites for hydroxylation is 2. The lowest BCUT2D eigenvalue weighted by Crippen LogP contribution is -2.20. The largest absolute Gasteiger partial charge is 0.483 e. The molecular formula is C16H23N3O2. The standard InChI is InChI=1S/C16H23N3O2/c1-5-8-17-12(3)14-7-6-11(2)9-15(14)20-10-16-19-18-13(4)21-16/h6-7,9,12,17H,5,8,10H2,1-4H3. The van der Waals surface area contributed by atoms with E-state index in [1.54, 1.807) is 6.92 Å². The topological polar surface area (TPSA) is 60.2 Å². The maximum absolute atomic E-state index is 5.88. The van der Waals surface area contributed by atoms with Gasteiger partial charge in [-0.15, -0.1) is 10.2 Å². The van der Waals surface area contributed by atoms with Gasteiger partial charge in [0.2, 0.25) is 5.89 Å². The molecule has 0 aliphatic heterocycles. The highest BCUT2D eigenvalue weighted by molar-refractivity contribution is 5.39. The van der Waals surface area contributed by atoms with Gasteiger partial charge in [0.1, 0.15) is 5.75 Å². The molecule has 0 aliphatic rings. The molecule has 0 amide bonds. The Morgan fingerprint density at radius 3 is 2.76 bits per heavy atom. The van der Waals surface area contributed by atoms with Crippen LogP contribution < -0.4 is 10.1 Å². The van der Waals surface area contributed by atoms with Crippen molar-refractivity contribution in [1.82, 2.24) is 15.5 Å². The minimum absolute atomic E-state index is 0.241. The van der Waals surface area contributed by atoms with Gasteiger partial charge in [0.25, 0.3) is 5.89 Å². The summed E-state index contributed by atoms with van der Waals surface area (Å²) in [6, 6.07) is 6.49. The molecule has 2 rings (SSSR count). The number of hydrogen-bond donors (Lipinski definition) is 1. The Balaban J connectivity index is 2.10. The summed E-state index contributed by atoms with van der Waals surface area (Å²) in [4.78, 5) is 0. The van der Waals surface area contributed by atoms with E-state index in [0.29, 0.717) is 11.8 Å². The number of benzene rings is 1. The molecule has 0 radical (unpaired) electrons. The monoisotopic (exact) mass is 289 g/mol. The van der Waals surface area contributed by atoms with Crippen LogP contribution in [0.4, 0.5) is 0 Å². The molecule has 21 heavy (non-hydrogen) atoms. The van der Waals surface area contributed by atoms with Crippen LogP contribution in [-0.4, -0.2) is 16.7 Å². The van der Waals surface area contributed by atoms with E-state index in [1.807, 2.05) is 6.07 Å². The van der Waals surface area contributed by atoms with Crippen molar-refractivity contribution in [2.45, 2.75) is 46.8 Å². The molecule has 0 saturated heterocycles. The average Bonchev–Trinajstić information content (AvgIpc) is 2.88. The highest BCUT2D eigenvalue weighted by atomic mass is 16.5. The summed E-state index contributed by atoms with van der Waals surface area (Å²) in [6.45, 7) is 9.40. The van der Waals surface area contributed by atoms with Gasteiger partial charge in [0, 0.05) is 18.5 Å². The molecule has 0 spiro atoms. The number of aromatic nitrogens is 2. The van der Waals surface area contributed by atoms with Gasteiger partial charge < -0.3 is 14.5 Å². The second-order valence-corrected chi connectivity index (χ2v) is 5.22. The van der Waals surface area contributed by atoms with Crippen LogP contribution in [0, 0.1) is 13.8 Å². The molecule has 1 heterocycles. The summed E-state index contributed by atoms with van der Waals surface area (Å²) in [5, 5.41) is 11.2. The molecule has 114 valence electrons. The van der Waals surface area contributed by atoms with Crippen LogP contribution in [0.1, 0.15) is 49.2 Å². The zero-order valence-electron chi connectivity index (χ0n) is 13.1. The molecule has 5 nitrogen and oxygen atoms in total. The van der Waals surface area contributed by atoms with Crippen LogP contribution >= 0.6 is 0 Å². The second-order valence-electron chi connectivity index (χ2n) is 5.22. The molecule has 5 heteroatoms. The van der Waals surface area contributed by atoms with E-state index in [0.717, 1.165) is 29.8 Å². The molecule has 1 N–H and O–H groups in total. The van der Waals surface area contributed by atoms with Crippen molar-refractivity contribution < 1.29 is 9.15 Å². The predicted molar refractivity (Wildman–Crippen MR) is 81.3 cm³/mol. The molecule has 1 aromatic carbocycles. The number of rotatable bonds is 7. The number of nitrogens with zero attached hydrogens (tertiary/aromatic N) is 2. The predicted octanol–water partition coefficient (Wildman–Crippen LogP) is 3.33. The average molecular weight is 289 g/mol.